The maximum absolute atomic E-state index is 12.6. The minimum absolute atomic E-state index is 0. The van der Waals surface area contributed by atoms with E-state index in [-0.39, 0.29) is 23.0 Å². The SMILES string of the molecule is CCCCCCCCCC(=O)Oc1c(OC)ccc2cc3c4ccccc4cc[n+]3cc12.[Br-]. The predicted octanol–water partition coefficient (Wildman–Crippen LogP) is 3.79. The van der Waals surface area contributed by atoms with E-state index in [4.69, 9.17) is 9.47 Å². The van der Waals surface area contributed by atoms with E-state index in [9.17, 15) is 4.79 Å². The summed E-state index contributed by atoms with van der Waals surface area (Å²) in [6, 6.07) is 16.5. The van der Waals surface area contributed by atoms with E-state index in [1.54, 1.807) is 7.11 Å². The van der Waals surface area contributed by atoms with Crippen LogP contribution >= 0.6 is 0 Å². The molecule has 33 heavy (non-hydrogen) atoms. The van der Waals surface area contributed by atoms with E-state index >= 15 is 0 Å². The van der Waals surface area contributed by atoms with Crippen molar-refractivity contribution in [1.29, 1.82) is 0 Å². The number of fused-ring (bicyclic) bond motifs is 4. The fourth-order valence-corrected chi connectivity index (χ4v) is 4.32. The van der Waals surface area contributed by atoms with Gasteiger partial charge in [-0.1, -0.05) is 63.6 Å². The zero-order valence-electron chi connectivity index (χ0n) is 19.5. The number of unbranched alkanes of at least 4 members (excludes halogenated alkanes) is 6. The van der Waals surface area contributed by atoms with Gasteiger partial charge in [-0.25, -0.2) is 0 Å². The van der Waals surface area contributed by atoms with Crippen molar-refractivity contribution in [1.82, 2.24) is 0 Å². The number of halogens is 1. The molecule has 0 amide bonds. The Morgan fingerprint density at radius 3 is 2.42 bits per heavy atom. The molecular formula is C28H32BrNO3. The Morgan fingerprint density at radius 1 is 0.879 bits per heavy atom. The summed E-state index contributed by atoms with van der Waals surface area (Å²) in [6.07, 6.45) is 12.7. The van der Waals surface area contributed by atoms with E-state index in [0.717, 1.165) is 29.1 Å². The van der Waals surface area contributed by atoms with Crippen molar-refractivity contribution < 1.29 is 35.7 Å². The normalized spacial score (nSPS) is 11.0. The van der Waals surface area contributed by atoms with Crippen LogP contribution in [0.2, 0.25) is 0 Å². The largest absolute Gasteiger partial charge is 1.00 e. The highest BCUT2D eigenvalue weighted by molar-refractivity contribution is 5.99. The number of esters is 1. The Morgan fingerprint density at radius 2 is 1.64 bits per heavy atom. The van der Waals surface area contributed by atoms with Crippen molar-refractivity contribution in [2.45, 2.75) is 58.3 Å². The third kappa shape index (κ3) is 5.83. The molecule has 0 aliphatic rings. The first-order valence-electron chi connectivity index (χ1n) is 11.8. The van der Waals surface area contributed by atoms with Crippen molar-refractivity contribution in [2.75, 3.05) is 7.11 Å². The van der Waals surface area contributed by atoms with Crippen LogP contribution in [0.25, 0.3) is 27.1 Å². The lowest BCUT2D eigenvalue weighted by Crippen LogP contribution is -3.00. The zero-order valence-corrected chi connectivity index (χ0v) is 21.1. The van der Waals surface area contributed by atoms with Crippen molar-refractivity contribution in [3.63, 3.8) is 0 Å². The number of ether oxygens (including phenoxy) is 2. The van der Waals surface area contributed by atoms with Crippen molar-refractivity contribution in [2.24, 2.45) is 0 Å². The molecule has 0 aliphatic heterocycles. The van der Waals surface area contributed by atoms with Crippen molar-refractivity contribution in [3.8, 4) is 11.5 Å². The average molecular weight is 510 g/mol. The molecule has 4 nitrogen and oxygen atoms in total. The van der Waals surface area contributed by atoms with Gasteiger partial charge >= 0.3 is 5.97 Å². The van der Waals surface area contributed by atoms with Crippen LogP contribution in [-0.2, 0) is 4.79 Å². The summed E-state index contributed by atoms with van der Waals surface area (Å²) < 4.78 is 13.5. The number of methoxy groups -OCH3 is 1. The van der Waals surface area contributed by atoms with E-state index in [0.29, 0.717) is 17.9 Å². The van der Waals surface area contributed by atoms with Gasteiger partial charge in [-0.3, -0.25) is 4.79 Å². The quantitative estimate of drug-likeness (QED) is 0.0814. The molecule has 0 unspecified atom stereocenters. The van der Waals surface area contributed by atoms with Crippen LogP contribution in [0.1, 0.15) is 58.3 Å². The Hall–Kier alpha value is -2.66. The Labute approximate surface area is 206 Å². The smallest absolute Gasteiger partial charge is 0.311 e. The second-order valence-corrected chi connectivity index (χ2v) is 8.41. The maximum atomic E-state index is 12.6. The topological polar surface area (TPSA) is 39.6 Å². The first-order chi connectivity index (χ1) is 15.7. The molecule has 0 spiro atoms. The minimum atomic E-state index is -0.201. The minimum Gasteiger partial charge on any atom is -1.00 e. The molecule has 0 saturated carbocycles. The highest BCUT2D eigenvalue weighted by Gasteiger charge is 2.18. The molecule has 0 fully saturated rings. The number of aromatic nitrogens is 1. The van der Waals surface area contributed by atoms with Crippen LogP contribution in [0, 0.1) is 0 Å². The van der Waals surface area contributed by atoms with Gasteiger partial charge < -0.3 is 26.5 Å². The van der Waals surface area contributed by atoms with E-state index in [1.807, 2.05) is 30.6 Å². The van der Waals surface area contributed by atoms with Crippen LogP contribution < -0.4 is 30.9 Å². The molecule has 5 heteroatoms. The average Bonchev–Trinajstić information content (AvgIpc) is 2.82. The number of rotatable bonds is 10. The second kappa shape index (κ2) is 12.0. The van der Waals surface area contributed by atoms with Gasteiger partial charge in [-0.2, -0.15) is 4.40 Å². The highest BCUT2D eigenvalue weighted by atomic mass is 79.9. The Kier molecular flexibility index (Phi) is 9.07. The highest BCUT2D eigenvalue weighted by Crippen LogP contribution is 2.36. The summed E-state index contributed by atoms with van der Waals surface area (Å²) in [5.41, 5.74) is 1.11. The summed E-state index contributed by atoms with van der Waals surface area (Å²) in [6.45, 7) is 2.22. The first-order valence-corrected chi connectivity index (χ1v) is 11.8. The van der Waals surface area contributed by atoms with Crippen LogP contribution in [0.15, 0.2) is 60.9 Å². The molecule has 0 N–H and O–H groups in total. The number of nitrogens with zero attached hydrogens (tertiary/aromatic N) is 1. The molecule has 4 rings (SSSR count). The molecule has 4 aromatic rings. The molecule has 0 saturated heterocycles. The number of carbonyl (C=O) groups is 1. The molecule has 174 valence electrons. The predicted molar refractivity (Wildman–Crippen MR) is 129 cm³/mol. The molecule has 0 radical (unpaired) electrons. The molecule has 0 bridgehead atoms. The lowest BCUT2D eigenvalue weighted by atomic mass is 10.1. The number of carbonyl (C=O) groups excluding carboxylic acids is 1. The van der Waals surface area contributed by atoms with Crippen molar-refractivity contribution >= 4 is 33.0 Å². The number of benzene rings is 2. The summed E-state index contributed by atoms with van der Waals surface area (Å²) in [7, 11) is 1.61. The van der Waals surface area contributed by atoms with E-state index in [1.165, 1.54) is 42.9 Å². The third-order valence-electron chi connectivity index (χ3n) is 6.10. The summed E-state index contributed by atoms with van der Waals surface area (Å²) in [5.74, 6) is 0.875. The zero-order chi connectivity index (χ0) is 22.3. The van der Waals surface area contributed by atoms with Crippen LogP contribution in [0.3, 0.4) is 0 Å². The molecular weight excluding hydrogens is 478 g/mol. The standard InChI is InChI=1S/C28H32NO3.BrH/c1-3-4-5-6-7-8-9-14-27(30)32-28-24-20-29-18-17-21-12-10-11-13-23(21)25(29)19-22(24)15-16-26(28)31-2;/h10-13,15-20H,3-9,14H2,1-2H3;1H/q+1;/p-1. The number of pyridine rings is 2. The number of hydrogen-bond acceptors (Lipinski definition) is 3. The third-order valence-corrected chi connectivity index (χ3v) is 6.10. The van der Waals surface area contributed by atoms with Gasteiger partial charge in [-0.15, -0.1) is 0 Å². The molecule has 0 atom stereocenters. The summed E-state index contributed by atoms with van der Waals surface area (Å²) in [4.78, 5) is 12.6. The van der Waals surface area contributed by atoms with Gasteiger partial charge in [-0.05, 0) is 35.4 Å². The van der Waals surface area contributed by atoms with Gasteiger partial charge in [0.25, 0.3) is 0 Å². The first kappa shape index (κ1) is 25.0. The van der Waals surface area contributed by atoms with Crippen LogP contribution in [-0.4, -0.2) is 13.1 Å². The van der Waals surface area contributed by atoms with Crippen LogP contribution in [0.5, 0.6) is 11.5 Å². The van der Waals surface area contributed by atoms with E-state index in [2.05, 4.69) is 41.7 Å². The van der Waals surface area contributed by atoms with E-state index < -0.39 is 0 Å². The second-order valence-electron chi connectivity index (χ2n) is 8.41. The lowest BCUT2D eigenvalue weighted by Gasteiger charge is -2.12. The van der Waals surface area contributed by atoms with Gasteiger partial charge in [0.15, 0.2) is 23.9 Å². The van der Waals surface area contributed by atoms with Gasteiger partial charge in [0, 0.05) is 18.6 Å². The Bertz CT molecular complexity index is 1240. The summed E-state index contributed by atoms with van der Waals surface area (Å²) in [5, 5.41) is 4.26. The van der Waals surface area contributed by atoms with Gasteiger partial charge in [0.1, 0.15) is 0 Å². The van der Waals surface area contributed by atoms with Crippen molar-refractivity contribution in [3.05, 3.63) is 60.9 Å². The summed E-state index contributed by atoms with van der Waals surface area (Å²) >= 11 is 0. The van der Waals surface area contributed by atoms with Gasteiger partial charge in [0.2, 0.25) is 5.52 Å². The lowest BCUT2D eigenvalue weighted by molar-refractivity contribution is -0.509. The Balaban J connectivity index is 0.00000306. The monoisotopic (exact) mass is 509 g/mol. The fourth-order valence-electron chi connectivity index (χ4n) is 4.32. The maximum Gasteiger partial charge on any atom is 0.311 e. The van der Waals surface area contributed by atoms with Crippen LogP contribution in [0.4, 0.5) is 0 Å². The number of hydrogen-bond donors (Lipinski definition) is 0. The molecule has 2 aromatic heterocycles. The molecule has 2 aromatic carbocycles. The van der Waals surface area contributed by atoms with Gasteiger partial charge in [0.05, 0.1) is 17.9 Å². The molecule has 0 aliphatic carbocycles. The fraction of sp³-hybridized carbons (Fsp3) is 0.357. The molecule has 2 heterocycles.